The predicted molar refractivity (Wildman–Crippen MR) is 87.3 cm³/mol. The van der Waals surface area contributed by atoms with Gasteiger partial charge in [-0.15, -0.1) is 0 Å². The Morgan fingerprint density at radius 1 is 1.15 bits per heavy atom. The Balaban J connectivity index is 1.99. The first kappa shape index (κ1) is 15.3. The zero-order chi connectivity index (χ0) is 14.8. The zero-order valence-electron chi connectivity index (χ0n) is 13.6. The average molecular weight is 275 g/mol. The molecule has 1 heterocycles. The number of nitrogens with one attached hydrogen (secondary N) is 1. The van der Waals surface area contributed by atoms with Gasteiger partial charge in [-0.3, -0.25) is 4.90 Å². The van der Waals surface area contributed by atoms with E-state index in [0.717, 1.165) is 26.2 Å². The minimum absolute atomic E-state index is 0.246. The van der Waals surface area contributed by atoms with Crippen LogP contribution in [0.2, 0.25) is 0 Å². The summed E-state index contributed by atoms with van der Waals surface area (Å²) in [6, 6.07) is 9.55. The van der Waals surface area contributed by atoms with Crippen molar-refractivity contribution in [2.45, 2.75) is 45.8 Å². The van der Waals surface area contributed by atoms with Crippen molar-refractivity contribution in [3.05, 3.63) is 29.8 Å². The van der Waals surface area contributed by atoms with Crippen LogP contribution in [-0.2, 0) is 6.54 Å². The molecule has 0 radical (unpaired) electrons. The predicted octanol–water partition coefficient (Wildman–Crippen LogP) is 2.72. The van der Waals surface area contributed by atoms with Crippen LogP contribution in [0, 0.1) is 0 Å². The smallest absolute Gasteiger partial charge is 0.0367 e. The van der Waals surface area contributed by atoms with E-state index in [9.17, 15) is 0 Å². The van der Waals surface area contributed by atoms with Gasteiger partial charge in [0.2, 0.25) is 0 Å². The summed E-state index contributed by atoms with van der Waals surface area (Å²) in [5.41, 5.74) is 2.95. The van der Waals surface area contributed by atoms with Gasteiger partial charge in [0.15, 0.2) is 0 Å². The van der Waals surface area contributed by atoms with E-state index in [4.69, 9.17) is 0 Å². The van der Waals surface area contributed by atoms with E-state index in [2.05, 4.69) is 74.1 Å². The number of anilines is 1. The number of benzene rings is 1. The lowest BCUT2D eigenvalue weighted by atomic mass is 9.99. The van der Waals surface area contributed by atoms with Crippen molar-refractivity contribution < 1.29 is 0 Å². The van der Waals surface area contributed by atoms with E-state index in [0.29, 0.717) is 6.04 Å². The molecule has 2 rings (SSSR count). The quantitative estimate of drug-likeness (QED) is 0.911. The Morgan fingerprint density at radius 3 is 2.35 bits per heavy atom. The van der Waals surface area contributed by atoms with Gasteiger partial charge < -0.3 is 10.2 Å². The lowest BCUT2D eigenvalue weighted by molar-refractivity contribution is 0.139. The summed E-state index contributed by atoms with van der Waals surface area (Å²) in [7, 11) is 2.22. The monoisotopic (exact) mass is 275 g/mol. The van der Waals surface area contributed by atoms with Crippen LogP contribution in [0.4, 0.5) is 5.69 Å². The summed E-state index contributed by atoms with van der Waals surface area (Å²) >= 11 is 0. The zero-order valence-corrected chi connectivity index (χ0v) is 13.6. The van der Waals surface area contributed by atoms with E-state index in [1.165, 1.54) is 11.3 Å². The molecule has 0 saturated carbocycles. The van der Waals surface area contributed by atoms with Gasteiger partial charge in [-0.2, -0.15) is 0 Å². The van der Waals surface area contributed by atoms with E-state index in [1.54, 1.807) is 0 Å². The van der Waals surface area contributed by atoms with Gasteiger partial charge >= 0.3 is 0 Å². The first-order chi connectivity index (χ1) is 9.38. The van der Waals surface area contributed by atoms with Crippen molar-refractivity contribution in [1.29, 1.82) is 0 Å². The van der Waals surface area contributed by atoms with Gasteiger partial charge in [-0.25, -0.2) is 0 Å². The fourth-order valence-electron chi connectivity index (χ4n) is 2.61. The molecule has 0 amide bonds. The molecule has 1 fully saturated rings. The molecule has 0 atom stereocenters. The van der Waals surface area contributed by atoms with Crippen LogP contribution in [0.3, 0.4) is 0 Å². The van der Waals surface area contributed by atoms with E-state index < -0.39 is 0 Å². The van der Waals surface area contributed by atoms with Crippen LogP contribution in [0.25, 0.3) is 0 Å². The molecule has 3 nitrogen and oxygen atoms in total. The third-order valence-electron chi connectivity index (χ3n) is 4.33. The van der Waals surface area contributed by atoms with Gasteiger partial charge in [0.05, 0.1) is 0 Å². The molecule has 1 N–H and O–H groups in total. The average Bonchev–Trinajstić information content (AvgIpc) is 2.40. The Bertz CT molecular complexity index is 422. The number of nitrogens with zero attached hydrogens (tertiary/aromatic N) is 2. The normalized spacial score (nSPS) is 19.6. The molecule has 0 spiro atoms. The minimum Gasteiger partial charge on any atom is -0.368 e. The molecule has 1 saturated heterocycles. The van der Waals surface area contributed by atoms with Gasteiger partial charge in [0, 0.05) is 43.4 Å². The van der Waals surface area contributed by atoms with Crippen LogP contribution in [0.15, 0.2) is 24.3 Å². The second kappa shape index (κ2) is 6.15. The summed E-state index contributed by atoms with van der Waals surface area (Å²) in [4.78, 5) is 4.95. The second-order valence-electron chi connectivity index (χ2n) is 6.86. The molecule has 1 aromatic rings. The summed E-state index contributed by atoms with van der Waals surface area (Å²) in [5, 5.41) is 3.46. The highest BCUT2D eigenvalue weighted by molar-refractivity contribution is 5.48. The van der Waals surface area contributed by atoms with Gasteiger partial charge in [0.1, 0.15) is 0 Å². The maximum atomic E-state index is 3.46. The lowest BCUT2D eigenvalue weighted by Gasteiger charge is -2.46. The molecule has 1 aliphatic heterocycles. The van der Waals surface area contributed by atoms with E-state index in [1.807, 2.05) is 0 Å². The highest BCUT2D eigenvalue weighted by Crippen LogP contribution is 2.24. The third kappa shape index (κ3) is 3.74. The van der Waals surface area contributed by atoms with Crippen LogP contribution in [0.5, 0.6) is 0 Å². The number of hydrogen-bond acceptors (Lipinski definition) is 3. The van der Waals surface area contributed by atoms with E-state index in [-0.39, 0.29) is 5.54 Å². The lowest BCUT2D eigenvalue weighted by Crippen LogP contribution is -2.57. The molecular weight excluding hydrogens is 246 g/mol. The summed E-state index contributed by atoms with van der Waals surface area (Å²) in [6.45, 7) is 13.3. The highest BCUT2D eigenvalue weighted by atomic mass is 15.3. The number of rotatable bonds is 4. The first-order valence-electron chi connectivity index (χ1n) is 7.67. The minimum atomic E-state index is 0.246. The van der Waals surface area contributed by atoms with Crippen LogP contribution >= 0.6 is 0 Å². The Hall–Kier alpha value is -1.06. The molecule has 0 aromatic heterocycles. The molecule has 1 aliphatic rings. The Labute approximate surface area is 124 Å². The van der Waals surface area contributed by atoms with Crippen LogP contribution in [0.1, 0.15) is 33.3 Å². The van der Waals surface area contributed by atoms with Crippen LogP contribution < -0.4 is 10.2 Å². The van der Waals surface area contributed by atoms with Gasteiger partial charge in [-0.05, 0) is 38.6 Å². The molecule has 0 aliphatic carbocycles. The van der Waals surface area contributed by atoms with Crippen molar-refractivity contribution in [2.75, 3.05) is 31.6 Å². The van der Waals surface area contributed by atoms with Crippen LogP contribution in [-0.4, -0.2) is 43.2 Å². The summed E-state index contributed by atoms with van der Waals surface area (Å²) < 4.78 is 0. The van der Waals surface area contributed by atoms with Gasteiger partial charge in [-0.1, -0.05) is 26.0 Å². The van der Waals surface area contributed by atoms with Crippen molar-refractivity contribution in [2.24, 2.45) is 0 Å². The van der Waals surface area contributed by atoms with E-state index >= 15 is 0 Å². The second-order valence-corrected chi connectivity index (χ2v) is 6.86. The Kier molecular flexibility index (Phi) is 4.71. The molecular formula is C17H29N3. The summed E-state index contributed by atoms with van der Waals surface area (Å²) in [5.74, 6) is 0. The highest BCUT2D eigenvalue weighted by Gasteiger charge is 2.30. The number of likely N-dealkylation sites (N-methyl/N-ethyl adjacent to an activating group) is 1. The maximum Gasteiger partial charge on any atom is 0.0367 e. The van der Waals surface area contributed by atoms with Crippen molar-refractivity contribution in [3.63, 3.8) is 0 Å². The van der Waals surface area contributed by atoms with Crippen molar-refractivity contribution in [1.82, 2.24) is 10.2 Å². The molecule has 1 aromatic carbocycles. The van der Waals surface area contributed by atoms with Crippen molar-refractivity contribution in [3.8, 4) is 0 Å². The first-order valence-corrected chi connectivity index (χ1v) is 7.67. The van der Waals surface area contributed by atoms with Crippen molar-refractivity contribution >= 4 is 5.69 Å². The molecule has 3 heteroatoms. The number of piperazine rings is 1. The number of hydrogen-bond donors (Lipinski definition) is 1. The standard InChI is InChI=1S/C17H29N3/c1-14(2)18-12-15-6-8-16(9-7-15)20-11-10-19(5)17(3,4)13-20/h6-9,14,18H,10-13H2,1-5H3. The molecule has 112 valence electrons. The summed E-state index contributed by atoms with van der Waals surface area (Å²) in [6.07, 6.45) is 0. The SMILES string of the molecule is CC(C)NCc1ccc(N2CCN(C)C(C)(C)C2)cc1. The largest absolute Gasteiger partial charge is 0.368 e. The topological polar surface area (TPSA) is 18.5 Å². The molecule has 0 bridgehead atoms. The molecule has 20 heavy (non-hydrogen) atoms. The molecule has 0 unspecified atom stereocenters. The fourth-order valence-corrected chi connectivity index (χ4v) is 2.61. The maximum absolute atomic E-state index is 3.46. The van der Waals surface area contributed by atoms with Gasteiger partial charge in [0.25, 0.3) is 0 Å². The fraction of sp³-hybridized carbons (Fsp3) is 0.647. The Morgan fingerprint density at radius 2 is 1.80 bits per heavy atom. The third-order valence-corrected chi connectivity index (χ3v) is 4.33.